The summed E-state index contributed by atoms with van der Waals surface area (Å²) in [6.07, 6.45) is 10.0. The molecule has 0 spiro atoms. The molecule has 0 heterocycles. The monoisotopic (exact) mass is 196 g/mol. The highest BCUT2D eigenvalue weighted by Crippen LogP contribution is 2.33. The third kappa shape index (κ3) is 2.60. The Balaban J connectivity index is 2.72. The van der Waals surface area contributed by atoms with Crippen molar-refractivity contribution in [3.63, 3.8) is 0 Å². The first-order valence-electron chi connectivity index (χ1n) is 5.45. The quantitative estimate of drug-likeness (QED) is 0.688. The second kappa shape index (κ2) is 4.63. The Morgan fingerprint density at radius 1 is 1.36 bits per heavy atom. The van der Waals surface area contributed by atoms with E-state index in [2.05, 4.69) is 12.2 Å². The van der Waals surface area contributed by atoms with Gasteiger partial charge in [-0.2, -0.15) is 0 Å². The molecule has 2 nitrogen and oxygen atoms in total. The van der Waals surface area contributed by atoms with Crippen LogP contribution < -0.4 is 0 Å². The lowest BCUT2D eigenvalue weighted by molar-refractivity contribution is -0.149. The number of allylic oxidation sites excluding steroid dienone is 2. The van der Waals surface area contributed by atoms with Crippen molar-refractivity contribution in [2.75, 3.05) is 0 Å². The van der Waals surface area contributed by atoms with E-state index in [9.17, 15) is 4.79 Å². The summed E-state index contributed by atoms with van der Waals surface area (Å²) in [5, 5.41) is 9.12. The van der Waals surface area contributed by atoms with Crippen LogP contribution in [0.25, 0.3) is 0 Å². The zero-order valence-corrected chi connectivity index (χ0v) is 9.12. The van der Waals surface area contributed by atoms with Crippen LogP contribution in [0.1, 0.15) is 46.0 Å². The van der Waals surface area contributed by atoms with E-state index in [0.717, 1.165) is 19.3 Å². The molecule has 0 radical (unpaired) electrons. The van der Waals surface area contributed by atoms with Gasteiger partial charge in [0.25, 0.3) is 0 Å². The molecule has 0 aromatic carbocycles. The van der Waals surface area contributed by atoms with Crippen molar-refractivity contribution in [2.24, 2.45) is 11.3 Å². The van der Waals surface area contributed by atoms with E-state index in [4.69, 9.17) is 5.11 Å². The normalized spacial score (nSPS) is 26.3. The Hall–Kier alpha value is -0.790. The number of aliphatic carboxylic acids is 1. The van der Waals surface area contributed by atoms with E-state index in [0.29, 0.717) is 0 Å². The van der Waals surface area contributed by atoms with E-state index < -0.39 is 11.4 Å². The van der Waals surface area contributed by atoms with Gasteiger partial charge in [-0.3, -0.25) is 4.79 Å². The van der Waals surface area contributed by atoms with Gasteiger partial charge in [0.15, 0.2) is 0 Å². The first kappa shape index (κ1) is 11.3. The molecule has 80 valence electrons. The summed E-state index contributed by atoms with van der Waals surface area (Å²) in [7, 11) is 0. The van der Waals surface area contributed by atoms with Crippen LogP contribution in [-0.4, -0.2) is 11.1 Å². The summed E-state index contributed by atoms with van der Waals surface area (Å²) < 4.78 is 0. The molecule has 0 amide bonds. The molecule has 1 atom stereocenters. The molecule has 1 aliphatic rings. The largest absolute Gasteiger partial charge is 0.481 e. The van der Waals surface area contributed by atoms with Gasteiger partial charge in [0.1, 0.15) is 0 Å². The zero-order valence-electron chi connectivity index (χ0n) is 9.12. The van der Waals surface area contributed by atoms with E-state index in [1.54, 1.807) is 0 Å². The third-order valence-corrected chi connectivity index (χ3v) is 3.23. The second-order valence-corrected chi connectivity index (χ2v) is 4.70. The Kier molecular flexibility index (Phi) is 3.73. The first-order valence-corrected chi connectivity index (χ1v) is 5.45. The number of rotatable bonds is 2. The van der Waals surface area contributed by atoms with E-state index in [1.165, 1.54) is 12.8 Å². The summed E-state index contributed by atoms with van der Waals surface area (Å²) in [5.74, 6) is -0.493. The molecule has 0 aliphatic heterocycles. The first-order chi connectivity index (χ1) is 6.55. The average molecular weight is 196 g/mol. The fourth-order valence-corrected chi connectivity index (χ4v) is 1.92. The molecule has 0 aromatic heterocycles. The summed E-state index contributed by atoms with van der Waals surface area (Å²) in [5.41, 5.74) is -0.617. The van der Waals surface area contributed by atoms with Crippen LogP contribution in [0.2, 0.25) is 0 Å². The molecule has 0 saturated carbocycles. The minimum atomic E-state index is -0.687. The minimum absolute atomic E-state index is 0.195. The van der Waals surface area contributed by atoms with Crippen molar-refractivity contribution in [1.82, 2.24) is 0 Å². The molecule has 14 heavy (non-hydrogen) atoms. The summed E-state index contributed by atoms with van der Waals surface area (Å²) in [6, 6.07) is 0. The molecular formula is C12H20O2. The summed E-state index contributed by atoms with van der Waals surface area (Å²) in [4.78, 5) is 11.1. The molecule has 1 aliphatic carbocycles. The molecule has 0 saturated heterocycles. The van der Waals surface area contributed by atoms with Crippen LogP contribution in [0.4, 0.5) is 0 Å². The van der Waals surface area contributed by atoms with Crippen LogP contribution in [0.5, 0.6) is 0 Å². The van der Waals surface area contributed by atoms with Gasteiger partial charge in [-0.25, -0.2) is 0 Å². The molecule has 0 fully saturated rings. The van der Waals surface area contributed by atoms with E-state index in [1.807, 2.05) is 13.8 Å². The fraction of sp³-hybridized carbons (Fsp3) is 0.750. The second-order valence-electron chi connectivity index (χ2n) is 4.70. The van der Waals surface area contributed by atoms with Gasteiger partial charge in [0, 0.05) is 0 Å². The van der Waals surface area contributed by atoms with Gasteiger partial charge < -0.3 is 5.11 Å². The van der Waals surface area contributed by atoms with Crippen molar-refractivity contribution in [3.05, 3.63) is 12.2 Å². The lowest BCUT2D eigenvalue weighted by Gasteiger charge is -2.28. The van der Waals surface area contributed by atoms with Gasteiger partial charge in [-0.05, 0) is 39.0 Å². The lowest BCUT2D eigenvalue weighted by atomic mass is 9.75. The van der Waals surface area contributed by atoms with Crippen molar-refractivity contribution >= 4 is 5.97 Å². The van der Waals surface area contributed by atoms with Crippen molar-refractivity contribution in [1.29, 1.82) is 0 Å². The van der Waals surface area contributed by atoms with E-state index >= 15 is 0 Å². The SMILES string of the molecule is CC(C)(C(=O)O)C1/C=C\CCCCC1. The van der Waals surface area contributed by atoms with Gasteiger partial charge in [-0.1, -0.05) is 25.0 Å². The summed E-state index contributed by atoms with van der Waals surface area (Å²) in [6.45, 7) is 3.65. The third-order valence-electron chi connectivity index (χ3n) is 3.23. The van der Waals surface area contributed by atoms with Crippen LogP contribution >= 0.6 is 0 Å². The standard InChI is InChI=1S/C12H20O2/c1-12(2,11(13)14)10-8-6-4-3-5-7-9-10/h6,8,10H,3-5,7,9H2,1-2H3,(H,13,14)/b8-6-. The van der Waals surface area contributed by atoms with Crippen LogP contribution in [-0.2, 0) is 4.79 Å². The number of hydrogen-bond donors (Lipinski definition) is 1. The van der Waals surface area contributed by atoms with Crippen molar-refractivity contribution in [3.8, 4) is 0 Å². The molecule has 2 heteroatoms. The lowest BCUT2D eigenvalue weighted by Crippen LogP contribution is -2.32. The van der Waals surface area contributed by atoms with Crippen LogP contribution in [0, 0.1) is 11.3 Å². The van der Waals surface area contributed by atoms with Gasteiger partial charge in [0.05, 0.1) is 5.41 Å². The molecular weight excluding hydrogens is 176 g/mol. The molecule has 1 unspecified atom stereocenters. The average Bonchev–Trinajstić information content (AvgIpc) is 2.01. The maximum atomic E-state index is 11.1. The van der Waals surface area contributed by atoms with Crippen molar-refractivity contribution < 1.29 is 9.90 Å². The van der Waals surface area contributed by atoms with Gasteiger partial charge in [0.2, 0.25) is 0 Å². The minimum Gasteiger partial charge on any atom is -0.481 e. The predicted octanol–water partition coefficient (Wildman–Crippen LogP) is 3.23. The number of carbonyl (C=O) groups is 1. The predicted molar refractivity (Wildman–Crippen MR) is 57.1 cm³/mol. The summed E-state index contributed by atoms with van der Waals surface area (Å²) >= 11 is 0. The number of carboxylic acid groups (broad SMARTS) is 1. The highest BCUT2D eigenvalue weighted by atomic mass is 16.4. The maximum absolute atomic E-state index is 11.1. The van der Waals surface area contributed by atoms with Crippen LogP contribution in [0.3, 0.4) is 0 Å². The highest BCUT2D eigenvalue weighted by molar-refractivity contribution is 5.74. The van der Waals surface area contributed by atoms with Crippen LogP contribution in [0.15, 0.2) is 12.2 Å². The molecule has 0 bridgehead atoms. The fourth-order valence-electron chi connectivity index (χ4n) is 1.92. The number of carboxylic acids is 1. The Labute approximate surface area is 86.0 Å². The molecule has 0 aromatic rings. The maximum Gasteiger partial charge on any atom is 0.309 e. The molecule has 1 N–H and O–H groups in total. The zero-order chi connectivity index (χ0) is 10.6. The Morgan fingerprint density at radius 3 is 2.71 bits per heavy atom. The Morgan fingerprint density at radius 2 is 2.07 bits per heavy atom. The highest BCUT2D eigenvalue weighted by Gasteiger charge is 2.34. The topological polar surface area (TPSA) is 37.3 Å². The van der Waals surface area contributed by atoms with Gasteiger partial charge >= 0.3 is 5.97 Å². The number of hydrogen-bond acceptors (Lipinski definition) is 1. The molecule has 1 rings (SSSR count). The van der Waals surface area contributed by atoms with E-state index in [-0.39, 0.29) is 5.92 Å². The Bertz CT molecular complexity index is 228. The smallest absolute Gasteiger partial charge is 0.309 e. The van der Waals surface area contributed by atoms with Crippen molar-refractivity contribution in [2.45, 2.75) is 46.0 Å². The van der Waals surface area contributed by atoms with Gasteiger partial charge in [-0.15, -0.1) is 0 Å².